The van der Waals surface area contributed by atoms with Crippen molar-refractivity contribution in [2.75, 3.05) is 67.2 Å². The largest absolute Gasteiger partial charge is 0.493 e. The highest BCUT2D eigenvalue weighted by atomic mass is 16.5. The van der Waals surface area contributed by atoms with E-state index in [0.29, 0.717) is 11.8 Å². The van der Waals surface area contributed by atoms with E-state index in [0.717, 1.165) is 63.4 Å². The van der Waals surface area contributed by atoms with E-state index in [4.69, 9.17) is 14.2 Å². The summed E-state index contributed by atoms with van der Waals surface area (Å²) in [5, 5.41) is 3.66. The van der Waals surface area contributed by atoms with Crippen molar-refractivity contribution in [3.63, 3.8) is 0 Å². The zero-order valence-corrected chi connectivity index (χ0v) is 19.2. The first-order valence-corrected chi connectivity index (χ1v) is 11.0. The average Bonchev–Trinajstić information content (AvgIpc) is 2.76. The summed E-state index contributed by atoms with van der Waals surface area (Å²) < 4.78 is 16.6. The topological polar surface area (TPSA) is 58.6 Å². The predicted molar refractivity (Wildman–Crippen MR) is 121 cm³/mol. The number of guanidine groups is 1. The summed E-state index contributed by atoms with van der Waals surface area (Å²) in [7, 11) is 5.24. The number of aliphatic imine (C=N–C) groups is 1. The standard InChI is InChI=1S/C23H38N4O3/c1-17-12-18(2)16-27(15-17)23(24-3)25-14-20(26-8-10-30-11-9-26)19-6-7-21(28-4)22(13-19)29-5/h6-7,13,17-18,20H,8-12,14-16H2,1-5H3,(H,24,25). The Morgan fingerprint density at radius 1 is 1.13 bits per heavy atom. The lowest BCUT2D eigenvalue weighted by molar-refractivity contribution is 0.0168. The number of morpholine rings is 1. The maximum absolute atomic E-state index is 5.59. The fraction of sp³-hybridized carbons (Fsp3) is 0.696. The van der Waals surface area contributed by atoms with Gasteiger partial charge in [-0.1, -0.05) is 19.9 Å². The Labute approximate surface area is 181 Å². The molecule has 2 aliphatic heterocycles. The Morgan fingerprint density at radius 2 is 1.80 bits per heavy atom. The maximum Gasteiger partial charge on any atom is 0.193 e. The molecule has 168 valence electrons. The molecule has 1 aromatic rings. The number of methoxy groups -OCH3 is 2. The summed E-state index contributed by atoms with van der Waals surface area (Å²) >= 11 is 0. The van der Waals surface area contributed by atoms with Crippen LogP contribution in [0.2, 0.25) is 0 Å². The molecule has 2 saturated heterocycles. The molecule has 0 amide bonds. The molecule has 3 atom stereocenters. The van der Waals surface area contributed by atoms with Crippen molar-refractivity contribution >= 4 is 5.96 Å². The molecule has 0 aliphatic carbocycles. The van der Waals surface area contributed by atoms with E-state index < -0.39 is 0 Å². The second-order valence-corrected chi connectivity index (χ2v) is 8.56. The van der Waals surface area contributed by atoms with E-state index in [-0.39, 0.29) is 6.04 Å². The van der Waals surface area contributed by atoms with Crippen LogP contribution in [0.1, 0.15) is 31.9 Å². The Kier molecular flexibility index (Phi) is 8.22. The highest BCUT2D eigenvalue weighted by molar-refractivity contribution is 5.80. The minimum Gasteiger partial charge on any atom is -0.493 e. The first kappa shape index (κ1) is 22.7. The van der Waals surface area contributed by atoms with Gasteiger partial charge in [-0.05, 0) is 36.0 Å². The molecule has 30 heavy (non-hydrogen) atoms. The number of hydrogen-bond acceptors (Lipinski definition) is 5. The van der Waals surface area contributed by atoms with Crippen molar-refractivity contribution in [3.05, 3.63) is 23.8 Å². The van der Waals surface area contributed by atoms with Gasteiger partial charge in [0.2, 0.25) is 0 Å². The van der Waals surface area contributed by atoms with Crippen LogP contribution in [0.25, 0.3) is 0 Å². The molecule has 0 spiro atoms. The Balaban J connectivity index is 1.77. The molecule has 7 heteroatoms. The molecule has 0 bridgehead atoms. The van der Waals surface area contributed by atoms with Gasteiger partial charge in [-0.25, -0.2) is 0 Å². The van der Waals surface area contributed by atoms with Gasteiger partial charge in [0, 0.05) is 39.8 Å². The van der Waals surface area contributed by atoms with E-state index in [1.54, 1.807) is 14.2 Å². The van der Waals surface area contributed by atoms with Gasteiger partial charge in [0.05, 0.1) is 33.5 Å². The lowest BCUT2D eigenvalue weighted by Gasteiger charge is -2.39. The van der Waals surface area contributed by atoms with Crippen LogP contribution in [-0.4, -0.2) is 83.0 Å². The van der Waals surface area contributed by atoms with Gasteiger partial charge in [-0.3, -0.25) is 9.89 Å². The first-order valence-electron chi connectivity index (χ1n) is 11.0. The molecule has 0 aromatic heterocycles. The van der Waals surface area contributed by atoms with Crippen molar-refractivity contribution < 1.29 is 14.2 Å². The second-order valence-electron chi connectivity index (χ2n) is 8.56. The minimum atomic E-state index is 0.199. The smallest absolute Gasteiger partial charge is 0.193 e. The third kappa shape index (κ3) is 5.58. The van der Waals surface area contributed by atoms with Gasteiger partial charge >= 0.3 is 0 Å². The number of ether oxygens (including phenoxy) is 3. The SMILES string of the molecule is CN=C(NCC(c1ccc(OC)c(OC)c1)N1CCOCC1)N1CC(C)CC(C)C1. The number of nitrogens with zero attached hydrogens (tertiary/aromatic N) is 3. The van der Waals surface area contributed by atoms with Crippen molar-refractivity contribution in [1.29, 1.82) is 0 Å². The molecule has 1 aromatic carbocycles. The summed E-state index contributed by atoms with van der Waals surface area (Å²) in [5.41, 5.74) is 1.21. The van der Waals surface area contributed by atoms with Crippen LogP contribution in [0, 0.1) is 11.8 Å². The second kappa shape index (κ2) is 10.9. The van der Waals surface area contributed by atoms with Gasteiger partial charge in [-0.15, -0.1) is 0 Å². The fourth-order valence-electron chi connectivity index (χ4n) is 4.76. The minimum absolute atomic E-state index is 0.199. The number of piperidine rings is 1. The molecular weight excluding hydrogens is 380 g/mol. The number of benzene rings is 1. The Bertz CT molecular complexity index is 696. The summed E-state index contributed by atoms with van der Waals surface area (Å²) in [6.45, 7) is 10.9. The van der Waals surface area contributed by atoms with E-state index in [9.17, 15) is 0 Å². The van der Waals surface area contributed by atoms with Crippen molar-refractivity contribution in [2.24, 2.45) is 16.8 Å². The van der Waals surface area contributed by atoms with Crippen LogP contribution in [0.15, 0.2) is 23.2 Å². The Hall–Kier alpha value is -1.99. The monoisotopic (exact) mass is 418 g/mol. The summed E-state index contributed by atoms with van der Waals surface area (Å²) in [4.78, 5) is 9.48. The van der Waals surface area contributed by atoms with E-state index in [2.05, 4.69) is 46.1 Å². The van der Waals surface area contributed by atoms with Gasteiger partial charge in [-0.2, -0.15) is 0 Å². The highest BCUT2D eigenvalue weighted by Gasteiger charge is 2.27. The van der Waals surface area contributed by atoms with Crippen LogP contribution < -0.4 is 14.8 Å². The van der Waals surface area contributed by atoms with E-state index in [1.165, 1.54) is 12.0 Å². The zero-order chi connectivity index (χ0) is 21.5. The molecule has 1 N–H and O–H groups in total. The summed E-state index contributed by atoms with van der Waals surface area (Å²) in [6, 6.07) is 6.42. The number of hydrogen-bond donors (Lipinski definition) is 1. The van der Waals surface area contributed by atoms with Crippen LogP contribution in [0.3, 0.4) is 0 Å². The van der Waals surface area contributed by atoms with Crippen LogP contribution in [0.4, 0.5) is 0 Å². The van der Waals surface area contributed by atoms with Crippen LogP contribution >= 0.6 is 0 Å². The molecular formula is C23H38N4O3. The normalized spacial score (nSPS) is 24.4. The van der Waals surface area contributed by atoms with E-state index >= 15 is 0 Å². The number of nitrogens with one attached hydrogen (secondary N) is 1. The van der Waals surface area contributed by atoms with Crippen molar-refractivity contribution in [3.8, 4) is 11.5 Å². The fourth-order valence-corrected chi connectivity index (χ4v) is 4.76. The lowest BCUT2D eigenvalue weighted by Crippen LogP contribution is -2.51. The molecule has 3 unspecified atom stereocenters. The number of likely N-dealkylation sites (tertiary alicyclic amines) is 1. The molecule has 2 heterocycles. The van der Waals surface area contributed by atoms with Crippen molar-refractivity contribution in [2.45, 2.75) is 26.3 Å². The third-order valence-electron chi connectivity index (χ3n) is 6.11. The maximum atomic E-state index is 5.59. The summed E-state index contributed by atoms with van der Waals surface area (Å²) in [6.07, 6.45) is 1.29. The van der Waals surface area contributed by atoms with Crippen LogP contribution in [-0.2, 0) is 4.74 Å². The molecule has 0 radical (unpaired) electrons. The average molecular weight is 419 g/mol. The zero-order valence-electron chi connectivity index (χ0n) is 19.2. The summed E-state index contributed by atoms with van der Waals surface area (Å²) in [5.74, 6) is 3.88. The first-order chi connectivity index (χ1) is 14.5. The van der Waals surface area contributed by atoms with Gasteiger partial charge < -0.3 is 24.4 Å². The van der Waals surface area contributed by atoms with Crippen molar-refractivity contribution in [1.82, 2.24) is 15.1 Å². The van der Waals surface area contributed by atoms with Gasteiger partial charge in [0.25, 0.3) is 0 Å². The van der Waals surface area contributed by atoms with Gasteiger partial charge in [0.15, 0.2) is 17.5 Å². The number of rotatable bonds is 6. The van der Waals surface area contributed by atoms with E-state index in [1.807, 2.05) is 13.1 Å². The molecule has 0 saturated carbocycles. The highest BCUT2D eigenvalue weighted by Crippen LogP contribution is 2.32. The Morgan fingerprint density at radius 3 is 2.40 bits per heavy atom. The van der Waals surface area contributed by atoms with Crippen LogP contribution in [0.5, 0.6) is 11.5 Å². The molecule has 3 rings (SSSR count). The predicted octanol–water partition coefficient (Wildman–Crippen LogP) is 2.63. The molecule has 7 nitrogen and oxygen atoms in total. The van der Waals surface area contributed by atoms with Gasteiger partial charge in [0.1, 0.15) is 0 Å². The quantitative estimate of drug-likeness (QED) is 0.566. The third-order valence-corrected chi connectivity index (χ3v) is 6.11. The molecule has 2 fully saturated rings. The molecule has 2 aliphatic rings. The lowest BCUT2D eigenvalue weighted by atomic mass is 9.92.